The molecule has 0 aliphatic rings. The number of ether oxygens (including phenoxy) is 3. The highest BCUT2D eigenvalue weighted by Gasteiger charge is 2.11. The van der Waals surface area contributed by atoms with E-state index in [-0.39, 0.29) is 16.7 Å². The summed E-state index contributed by atoms with van der Waals surface area (Å²) in [6.07, 6.45) is 5.87. The zero-order valence-corrected chi connectivity index (χ0v) is 19.9. The molecule has 1 aromatic carbocycles. The highest BCUT2D eigenvalue weighted by Crippen LogP contribution is 2.37. The van der Waals surface area contributed by atoms with Gasteiger partial charge in [0.2, 0.25) is 0 Å². The Morgan fingerprint density at radius 2 is 1.62 bits per heavy atom. The Bertz CT molecular complexity index is 648. The maximum absolute atomic E-state index is 6.23. The van der Waals surface area contributed by atoms with E-state index >= 15 is 0 Å². The lowest BCUT2D eigenvalue weighted by Crippen LogP contribution is -2.15. The van der Waals surface area contributed by atoms with Gasteiger partial charge in [-0.15, -0.1) is 0 Å². The van der Waals surface area contributed by atoms with Gasteiger partial charge in [0.15, 0.2) is 5.75 Å². The Hall–Kier alpha value is -0.850. The Morgan fingerprint density at radius 3 is 2.24 bits per heavy atom. The molecule has 0 aromatic heterocycles. The second kappa shape index (κ2) is 14.2. The molecule has 1 rings (SSSR count). The summed E-state index contributed by atoms with van der Waals surface area (Å²) in [5, 5.41) is 4.62. The molecule has 0 atom stereocenters. The van der Waals surface area contributed by atoms with Gasteiger partial charge >= 0.3 is 0 Å². The van der Waals surface area contributed by atoms with Crippen LogP contribution >= 0.6 is 46.4 Å². The lowest BCUT2D eigenvalue weighted by atomic mass is 10.2. The number of hydrogen-bond acceptors (Lipinski definition) is 5. The van der Waals surface area contributed by atoms with Crippen molar-refractivity contribution in [3.05, 3.63) is 32.7 Å². The van der Waals surface area contributed by atoms with Crippen LogP contribution in [0, 0.1) is 0 Å². The van der Waals surface area contributed by atoms with E-state index in [4.69, 9.17) is 65.5 Å². The van der Waals surface area contributed by atoms with Crippen molar-refractivity contribution >= 4 is 52.6 Å². The average Bonchev–Trinajstić information content (AvgIpc) is 2.60. The number of hydrogen-bond donors (Lipinski definition) is 0. The summed E-state index contributed by atoms with van der Waals surface area (Å²) in [6.45, 7) is 7.61. The smallest absolute Gasteiger partial charge is 0.156 e. The van der Waals surface area contributed by atoms with Crippen LogP contribution in [0.1, 0.15) is 40.0 Å². The van der Waals surface area contributed by atoms with Gasteiger partial charge in [-0.25, -0.2) is 0 Å². The Labute approximate surface area is 192 Å². The third-order valence-electron chi connectivity index (χ3n) is 3.23. The topological polar surface area (TPSA) is 49.3 Å². The first kappa shape index (κ1) is 26.2. The largest absolute Gasteiger partial charge is 0.490 e. The van der Waals surface area contributed by atoms with Crippen molar-refractivity contribution < 1.29 is 19.0 Å². The van der Waals surface area contributed by atoms with Crippen LogP contribution in [0.15, 0.2) is 27.9 Å². The quantitative estimate of drug-likeness (QED) is 0.170. The lowest BCUT2D eigenvalue weighted by Gasteiger charge is -2.14. The van der Waals surface area contributed by atoms with E-state index in [0.29, 0.717) is 41.4 Å². The third-order valence-corrected chi connectivity index (χ3v) is 4.10. The summed E-state index contributed by atoms with van der Waals surface area (Å²) in [5.74, 6) is 0.949. The van der Waals surface area contributed by atoms with E-state index in [2.05, 4.69) is 5.16 Å². The zero-order valence-electron chi connectivity index (χ0n) is 16.9. The monoisotopic (exact) mass is 485 g/mol. The first-order valence-electron chi connectivity index (χ1n) is 9.22. The van der Waals surface area contributed by atoms with Gasteiger partial charge in [-0.1, -0.05) is 51.6 Å². The molecule has 29 heavy (non-hydrogen) atoms. The van der Waals surface area contributed by atoms with Crippen LogP contribution in [0.5, 0.6) is 11.5 Å². The van der Waals surface area contributed by atoms with E-state index in [0.717, 1.165) is 19.3 Å². The molecule has 0 fully saturated rings. The minimum atomic E-state index is -0.286. The van der Waals surface area contributed by atoms with E-state index in [1.165, 1.54) is 6.08 Å². The first-order chi connectivity index (χ1) is 13.7. The van der Waals surface area contributed by atoms with Crippen molar-refractivity contribution in [1.29, 1.82) is 0 Å². The predicted molar refractivity (Wildman–Crippen MR) is 121 cm³/mol. The summed E-state index contributed by atoms with van der Waals surface area (Å²) in [5.41, 5.74) is -0.286. The molecule has 0 saturated carbocycles. The summed E-state index contributed by atoms with van der Waals surface area (Å²) >= 11 is 23.5. The van der Waals surface area contributed by atoms with Gasteiger partial charge in [0.1, 0.15) is 22.4 Å². The summed E-state index contributed by atoms with van der Waals surface area (Å²) in [4.78, 5) is 5.22. The first-order valence-corrected chi connectivity index (χ1v) is 10.7. The van der Waals surface area contributed by atoms with Gasteiger partial charge in [0.25, 0.3) is 0 Å². The summed E-state index contributed by atoms with van der Waals surface area (Å²) < 4.78 is 16.8. The lowest BCUT2D eigenvalue weighted by molar-refractivity contribution is 0.000668. The molecule has 5 nitrogen and oxygen atoms in total. The van der Waals surface area contributed by atoms with Gasteiger partial charge in [0, 0.05) is 18.7 Å². The molecule has 9 heteroatoms. The number of halogens is 4. The maximum atomic E-state index is 6.23. The van der Waals surface area contributed by atoms with E-state index < -0.39 is 0 Å². The van der Waals surface area contributed by atoms with E-state index in [1.807, 2.05) is 20.8 Å². The summed E-state index contributed by atoms with van der Waals surface area (Å²) in [7, 11) is 0. The fraction of sp³-hybridized carbons (Fsp3) is 0.550. The van der Waals surface area contributed by atoms with Gasteiger partial charge < -0.3 is 19.0 Å². The molecule has 0 spiro atoms. The molecule has 0 unspecified atom stereocenters. The zero-order chi connectivity index (χ0) is 21.7. The molecule has 0 N–H and O–H groups in total. The van der Waals surface area contributed by atoms with Crippen molar-refractivity contribution in [1.82, 2.24) is 0 Å². The van der Waals surface area contributed by atoms with E-state index in [1.54, 1.807) is 18.3 Å². The van der Waals surface area contributed by atoms with Crippen LogP contribution < -0.4 is 9.47 Å². The molecule has 0 aliphatic carbocycles. The molecule has 0 bridgehead atoms. The number of benzene rings is 1. The van der Waals surface area contributed by atoms with Crippen LogP contribution in [0.3, 0.4) is 0 Å². The van der Waals surface area contributed by atoms with Gasteiger partial charge in [0.05, 0.1) is 29.5 Å². The number of oxime groups is 1. The second-order valence-corrected chi connectivity index (χ2v) is 8.82. The number of rotatable bonds is 13. The number of unbranched alkanes of at least 4 members (excludes halogenated alkanes) is 2. The van der Waals surface area contributed by atoms with Crippen LogP contribution in [-0.4, -0.2) is 38.2 Å². The highest BCUT2D eigenvalue weighted by molar-refractivity contribution is 6.55. The minimum Gasteiger partial charge on any atom is -0.490 e. The highest BCUT2D eigenvalue weighted by atomic mass is 35.5. The van der Waals surface area contributed by atoms with Crippen molar-refractivity contribution in [2.75, 3.05) is 26.4 Å². The Morgan fingerprint density at radius 1 is 0.966 bits per heavy atom. The normalized spacial score (nSPS) is 11.6. The molecule has 0 amide bonds. The van der Waals surface area contributed by atoms with Crippen LogP contribution in [-0.2, 0) is 9.57 Å². The molecular weight excluding hydrogens is 460 g/mol. The average molecular weight is 487 g/mol. The van der Waals surface area contributed by atoms with Crippen molar-refractivity contribution in [2.45, 2.75) is 45.6 Å². The van der Waals surface area contributed by atoms with Gasteiger partial charge in [-0.2, -0.15) is 0 Å². The van der Waals surface area contributed by atoms with Crippen LogP contribution in [0.4, 0.5) is 0 Å². The van der Waals surface area contributed by atoms with Crippen molar-refractivity contribution in [3.63, 3.8) is 0 Å². The minimum absolute atomic E-state index is 0.134. The molecule has 0 heterocycles. The second-order valence-electron chi connectivity index (χ2n) is 7.00. The molecule has 1 aromatic rings. The predicted octanol–water partition coefficient (Wildman–Crippen LogP) is 7.06. The third kappa shape index (κ3) is 13.1. The van der Waals surface area contributed by atoms with Crippen LogP contribution in [0.2, 0.25) is 10.0 Å². The Balaban J connectivity index is 2.20. The van der Waals surface area contributed by atoms with Crippen molar-refractivity contribution in [2.24, 2.45) is 5.16 Å². The maximum Gasteiger partial charge on any atom is 0.156 e. The Kier molecular flexibility index (Phi) is 12.8. The molecule has 0 aliphatic heterocycles. The molecule has 0 radical (unpaired) electrons. The molecule has 0 saturated heterocycles. The van der Waals surface area contributed by atoms with Crippen LogP contribution in [0.25, 0.3) is 0 Å². The van der Waals surface area contributed by atoms with E-state index in [9.17, 15) is 0 Å². The standard InChI is InChI=1S/C20H27Cl4NO4/c1-20(2,3)29-25-8-12-26-9-5-4-6-10-28-19-16(21)13-15(14-17(19)22)27-11-7-18(23)24/h7-8,13-14H,4-6,9-12H2,1-3H3. The molecular formula is C20H27Cl4NO4. The fourth-order valence-electron chi connectivity index (χ4n) is 1.98. The van der Waals surface area contributed by atoms with Gasteiger partial charge in [-0.3, -0.25) is 0 Å². The SMILES string of the molecule is CC(C)(C)ON=CCOCCCCCOc1c(Cl)cc(OCC=C(Cl)Cl)cc1Cl. The summed E-state index contributed by atoms with van der Waals surface area (Å²) in [6, 6.07) is 3.27. The van der Waals surface area contributed by atoms with Gasteiger partial charge in [-0.05, 0) is 46.1 Å². The number of nitrogens with zero attached hydrogens (tertiary/aromatic N) is 1. The molecule has 164 valence electrons. The fourth-order valence-corrected chi connectivity index (χ4v) is 2.68. The van der Waals surface area contributed by atoms with Crippen molar-refractivity contribution in [3.8, 4) is 11.5 Å².